The lowest BCUT2D eigenvalue weighted by Gasteiger charge is -2.44. The number of benzene rings is 1. The molecule has 0 aliphatic carbocycles. The van der Waals surface area contributed by atoms with Crippen molar-refractivity contribution in [1.29, 1.82) is 0 Å². The minimum absolute atomic E-state index is 0.0258. The summed E-state index contributed by atoms with van der Waals surface area (Å²) in [6.07, 6.45) is 0.779. The van der Waals surface area contributed by atoms with E-state index in [4.69, 9.17) is 33.7 Å². The Balaban J connectivity index is 2.05. The minimum atomic E-state index is -0.0735. The van der Waals surface area contributed by atoms with Gasteiger partial charge in [-0.1, -0.05) is 29.3 Å². The van der Waals surface area contributed by atoms with Gasteiger partial charge in [-0.15, -0.1) is 0 Å². The molecule has 1 aromatic rings. The van der Waals surface area contributed by atoms with Gasteiger partial charge in [0.2, 0.25) is 0 Å². The van der Waals surface area contributed by atoms with Crippen molar-refractivity contribution in [3.8, 4) is 0 Å². The molecule has 0 saturated carbocycles. The van der Waals surface area contributed by atoms with E-state index >= 15 is 0 Å². The molecule has 1 saturated heterocycles. The van der Waals surface area contributed by atoms with E-state index in [2.05, 4.69) is 18.7 Å². The zero-order valence-electron chi connectivity index (χ0n) is 12.0. The van der Waals surface area contributed by atoms with Gasteiger partial charge >= 0.3 is 0 Å². The molecule has 1 atom stereocenters. The van der Waals surface area contributed by atoms with Crippen molar-refractivity contribution in [1.82, 2.24) is 4.90 Å². The highest BCUT2D eigenvalue weighted by Gasteiger charge is 2.34. The number of halogens is 2. The number of ether oxygens (including phenoxy) is 1. The fourth-order valence-electron chi connectivity index (χ4n) is 2.54. The topological polar surface area (TPSA) is 38.5 Å². The van der Waals surface area contributed by atoms with Gasteiger partial charge < -0.3 is 10.5 Å². The second kappa shape index (κ2) is 6.63. The van der Waals surface area contributed by atoms with Crippen LogP contribution in [0.4, 0.5) is 0 Å². The van der Waals surface area contributed by atoms with Crippen LogP contribution in [0.15, 0.2) is 18.2 Å². The molecule has 0 amide bonds. The molecule has 0 aromatic heterocycles. The molecule has 1 aliphatic rings. The average Bonchev–Trinajstić information content (AvgIpc) is 2.44. The Labute approximate surface area is 131 Å². The van der Waals surface area contributed by atoms with Crippen molar-refractivity contribution in [2.24, 2.45) is 5.73 Å². The Hall–Kier alpha value is -0.320. The van der Waals surface area contributed by atoms with E-state index in [0.29, 0.717) is 10.0 Å². The quantitative estimate of drug-likeness (QED) is 0.928. The number of hydrogen-bond acceptors (Lipinski definition) is 3. The molecule has 0 bridgehead atoms. The molecule has 0 spiro atoms. The van der Waals surface area contributed by atoms with Crippen LogP contribution >= 0.6 is 23.2 Å². The highest BCUT2D eigenvalue weighted by Crippen LogP contribution is 2.26. The van der Waals surface area contributed by atoms with Crippen molar-refractivity contribution in [3.05, 3.63) is 33.8 Å². The van der Waals surface area contributed by atoms with Crippen molar-refractivity contribution in [3.63, 3.8) is 0 Å². The van der Waals surface area contributed by atoms with Crippen LogP contribution in [0.3, 0.4) is 0 Å². The van der Waals surface area contributed by atoms with Crippen molar-refractivity contribution in [2.45, 2.75) is 31.8 Å². The van der Waals surface area contributed by atoms with Crippen LogP contribution < -0.4 is 5.73 Å². The van der Waals surface area contributed by atoms with Crippen LogP contribution in [-0.2, 0) is 11.2 Å². The maximum atomic E-state index is 6.44. The van der Waals surface area contributed by atoms with Gasteiger partial charge in [-0.05, 0) is 38.0 Å². The monoisotopic (exact) mass is 316 g/mol. The fraction of sp³-hybridized carbons (Fsp3) is 0.600. The van der Waals surface area contributed by atoms with Crippen molar-refractivity contribution >= 4 is 23.2 Å². The van der Waals surface area contributed by atoms with E-state index in [-0.39, 0.29) is 11.6 Å². The minimum Gasteiger partial charge on any atom is -0.379 e. The van der Waals surface area contributed by atoms with Crippen LogP contribution in [0, 0.1) is 0 Å². The van der Waals surface area contributed by atoms with Crippen LogP contribution in [0.1, 0.15) is 19.4 Å². The van der Waals surface area contributed by atoms with E-state index in [9.17, 15) is 0 Å². The summed E-state index contributed by atoms with van der Waals surface area (Å²) in [6.45, 7) is 7.82. The second-order valence-electron chi connectivity index (χ2n) is 5.81. The molecule has 1 heterocycles. The van der Waals surface area contributed by atoms with Crippen LogP contribution in [0.2, 0.25) is 10.0 Å². The highest BCUT2D eigenvalue weighted by molar-refractivity contribution is 6.42. The third kappa shape index (κ3) is 3.66. The third-order valence-corrected chi connectivity index (χ3v) is 4.91. The number of rotatable bonds is 4. The Morgan fingerprint density at radius 2 is 1.90 bits per heavy atom. The Morgan fingerprint density at radius 3 is 2.50 bits per heavy atom. The van der Waals surface area contributed by atoms with E-state index in [1.807, 2.05) is 18.2 Å². The van der Waals surface area contributed by atoms with Crippen LogP contribution in [0.5, 0.6) is 0 Å². The van der Waals surface area contributed by atoms with Gasteiger partial charge in [0.15, 0.2) is 0 Å². The van der Waals surface area contributed by atoms with Crippen LogP contribution in [0.25, 0.3) is 0 Å². The van der Waals surface area contributed by atoms with E-state index in [1.165, 1.54) is 0 Å². The standard InChI is InChI=1S/C15H22Cl2N2O/c1-15(2,19-5-7-20-8-6-19)14(18)10-11-3-4-12(16)13(17)9-11/h3-4,9,14H,5-8,10,18H2,1-2H3. The summed E-state index contributed by atoms with van der Waals surface area (Å²) in [5.74, 6) is 0. The summed E-state index contributed by atoms with van der Waals surface area (Å²) in [6, 6.07) is 5.74. The number of morpholine rings is 1. The largest absolute Gasteiger partial charge is 0.379 e. The third-order valence-electron chi connectivity index (χ3n) is 4.17. The first-order chi connectivity index (χ1) is 9.41. The number of nitrogens with two attached hydrogens (primary N) is 1. The molecular weight excluding hydrogens is 295 g/mol. The summed E-state index contributed by atoms with van der Waals surface area (Å²) in [4.78, 5) is 2.40. The normalized spacial score (nSPS) is 19.1. The lowest BCUT2D eigenvalue weighted by molar-refractivity contribution is -0.0186. The van der Waals surface area contributed by atoms with Gasteiger partial charge in [-0.2, -0.15) is 0 Å². The molecule has 2 rings (SSSR count). The first-order valence-corrected chi connectivity index (χ1v) is 7.69. The van der Waals surface area contributed by atoms with Crippen LogP contribution in [-0.4, -0.2) is 42.8 Å². The maximum Gasteiger partial charge on any atom is 0.0595 e. The summed E-state index contributed by atoms with van der Waals surface area (Å²) in [7, 11) is 0. The molecule has 1 unspecified atom stereocenters. The molecule has 1 aromatic carbocycles. The Kier molecular flexibility index (Phi) is 5.32. The summed E-state index contributed by atoms with van der Waals surface area (Å²) in [5.41, 5.74) is 7.49. The summed E-state index contributed by atoms with van der Waals surface area (Å²) >= 11 is 12.0. The molecule has 2 N–H and O–H groups in total. The van der Waals surface area contributed by atoms with Crippen molar-refractivity contribution < 1.29 is 4.74 Å². The smallest absolute Gasteiger partial charge is 0.0595 e. The van der Waals surface area contributed by atoms with Gasteiger partial charge in [-0.3, -0.25) is 4.90 Å². The number of nitrogens with zero attached hydrogens (tertiary/aromatic N) is 1. The second-order valence-corrected chi connectivity index (χ2v) is 6.63. The zero-order valence-corrected chi connectivity index (χ0v) is 13.5. The summed E-state index contributed by atoms with van der Waals surface area (Å²) < 4.78 is 5.41. The van der Waals surface area contributed by atoms with E-state index < -0.39 is 0 Å². The molecular formula is C15H22Cl2N2O. The average molecular weight is 317 g/mol. The first-order valence-electron chi connectivity index (χ1n) is 6.93. The van der Waals surface area contributed by atoms with E-state index in [1.54, 1.807) is 0 Å². The molecule has 0 radical (unpaired) electrons. The molecule has 5 heteroatoms. The van der Waals surface area contributed by atoms with Gasteiger partial charge in [0, 0.05) is 24.7 Å². The Morgan fingerprint density at radius 1 is 1.25 bits per heavy atom. The molecule has 20 heavy (non-hydrogen) atoms. The maximum absolute atomic E-state index is 6.44. The fourth-order valence-corrected chi connectivity index (χ4v) is 2.87. The Bertz CT molecular complexity index is 459. The van der Waals surface area contributed by atoms with Gasteiger partial charge in [-0.25, -0.2) is 0 Å². The predicted molar refractivity (Wildman–Crippen MR) is 84.6 cm³/mol. The molecule has 112 valence electrons. The van der Waals surface area contributed by atoms with Gasteiger partial charge in [0.1, 0.15) is 0 Å². The molecule has 1 aliphatic heterocycles. The zero-order chi connectivity index (χ0) is 14.8. The molecule has 1 fully saturated rings. The summed E-state index contributed by atoms with van der Waals surface area (Å²) in [5, 5.41) is 1.16. The lowest BCUT2D eigenvalue weighted by Crippen LogP contribution is -2.59. The lowest BCUT2D eigenvalue weighted by atomic mass is 9.88. The van der Waals surface area contributed by atoms with E-state index in [0.717, 1.165) is 38.3 Å². The van der Waals surface area contributed by atoms with Crippen molar-refractivity contribution in [2.75, 3.05) is 26.3 Å². The highest BCUT2D eigenvalue weighted by atomic mass is 35.5. The predicted octanol–water partition coefficient (Wildman–Crippen LogP) is 2.97. The first kappa shape index (κ1) is 16.1. The molecule has 3 nitrogen and oxygen atoms in total. The number of hydrogen-bond donors (Lipinski definition) is 1. The van der Waals surface area contributed by atoms with Gasteiger partial charge in [0.05, 0.1) is 23.3 Å². The SMILES string of the molecule is CC(C)(C(N)Cc1ccc(Cl)c(Cl)c1)N1CCOCC1. The van der Waals surface area contributed by atoms with Gasteiger partial charge in [0.25, 0.3) is 0 Å².